The number of hydrogen-bond donors (Lipinski definition) is 3. The van der Waals surface area contributed by atoms with Crippen LogP contribution in [0.15, 0.2) is 18.2 Å². The minimum absolute atomic E-state index is 0.124. The molecule has 90 valence electrons. The van der Waals surface area contributed by atoms with Crippen molar-refractivity contribution in [1.82, 2.24) is 5.32 Å². The lowest BCUT2D eigenvalue weighted by Crippen LogP contribution is -2.34. The molecule has 0 spiro atoms. The van der Waals surface area contributed by atoms with Crippen LogP contribution in [0.4, 0.5) is 0 Å². The fraction of sp³-hybridized carbons (Fsp3) is 0.455. The number of nitrogens with two attached hydrogens (primary N) is 1. The molecule has 0 aromatic heterocycles. The van der Waals surface area contributed by atoms with Crippen LogP contribution in [0.2, 0.25) is 10.0 Å². The van der Waals surface area contributed by atoms with Crippen molar-refractivity contribution >= 4 is 23.2 Å². The molecule has 0 heterocycles. The lowest BCUT2D eigenvalue weighted by molar-refractivity contribution is 0.129. The third-order valence-electron chi connectivity index (χ3n) is 2.53. The molecule has 1 rings (SSSR count). The van der Waals surface area contributed by atoms with Gasteiger partial charge in [-0.25, -0.2) is 0 Å². The fourth-order valence-electron chi connectivity index (χ4n) is 1.61. The van der Waals surface area contributed by atoms with Crippen LogP contribution >= 0.6 is 23.2 Å². The average Bonchev–Trinajstić information content (AvgIpc) is 2.29. The standard InChI is InChI=1S/C11H16Cl2N2O/c1-15-9(5-6-14)11(16)7-3-2-4-8(12)10(7)13/h2-4,9,11,15-16H,5-6,14H2,1H3. The molecule has 0 saturated heterocycles. The highest BCUT2D eigenvalue weighted by Gasteiger charge is 2.21. The molecule has 0 aliphatic carbocycles. The van der Waals surface area contributed by atoms with E-state index in [4.69, 9.17) is 28.9 Å². The number of aliphatic hydroxyl groups excluding tert-OH is 1. The number of benzene rings is 1. The van der Waals surface area contributed by atoms with Crippen molar-refractivity contribution in [3.05, 3.63) is 33.8 Å². The predicted molar refractivity (Wildman–Crippen MR) is 67.9 cm³/mol. The van der Waals surface area contributed by atoms with E-state index in [1.165, 1.54) is 0 Å². The minimum Gasteiger partial charge on any atom is -0.387 e. The molecule has 0 saturated carbocycles. The first-order chi connectivity index (χ1) is 7.61. The Bertz CT molecular complexity index is 347. The molecular formula is C11H16Cl2N2O. The normalized spacial score (nSPS) is 14.8. The van der Waals surface area contributed by atoms with Gasteiger partial charge >= 0.3 is 0 Å². The lowest BCUT2D eigenvalue weighted by Gasteiger charge is -2.23. The van der Waals surface area contributed by atoms with Crippen molar-refractivity contribution in [2.24, 2.45) is 5.73 Å². The Morgan fingerprint density at radius 2 is 2.12 bits per heavy atom. The van der Waals surface area contributed by atoms with Crippen molar-refractivity contribution in [3.63, 3.8) is 0 Å². The number of hydrogen-bond acceptors (Lipinski definition) is 3. The zero-order valence-corrected chi connectivity index (χ0v) is 10.6. The summed E-state index contributed by atoms with van der Waals surface area (Å²) in [6, 6.07) is 5.10. The van der Waals surface area contributed by atoms with Gasteiger partial charge in [-0.05, 0) is 26.1 Å². The molecule has 16 heavy (non-hydrogen) atoms. The van der Waals surface area contributed by atoms with Gasteiger partial charge in [0.05, 0.1) is 16.1 Å². The van der Waals surface area contributed by atoms with Gasteiger partial charge in [0.2, 0.25) is 0 Å². The molecule has 3 nitrogen and oxygen atoms in total. The topological polar surface area (TPSA) is 58.3 Å². The van der Waals surface area contributed by atoms with Gasteiger partial charge in [0, 0.05) is 11.6 Å². The second kappa shape index (κ2) is 6.42. The van der Waals surface area contributed by atoms with Gasteiger partial charge in [0.25, 0.3) is 0 Å². The molecule has 1 aromatic carbocycles. The molecule has 4 N–H and O–H groups in total. The maximum absolute atomic E-state index is 10.2. The van der Waals surface area contributed by atoms with E-state index in [2.05, 4.69) is 5.32 Å². The summed E-state index contributed by atoms with van der Waals surface area (Å²) in [5.74, 6) is 0. The smallest absolute Gasteiger partial charge is 0.0958 e. The molecule has 5 heteroatoms. The van der Waals surface area contributed by atoms with Crippen LogP contribution in [-0.2, 0) is 0 Å². The maximum atomic E-state index is 10.2. The highest BCUT2D eigenvalue weighted by molar-refractivity contribution is 6.42. The minimum atomic E-state index is -0.709. The Labute approximate surface area is 106 Å². The maximum Gasteiger partial charge on any atom is 0.0958 e. The van der Waals surface area contributed by atoms with E-state index >= 15 is 0 Å². The van der Waals surface area contributed by atoms with Crippen molar-refractivity contribution in [2.45, 2.75) is 18.6 Å². The van der Waals surface area contributed by atoms with Crippen LogP contribution in [-0.4, -0.2) is 24.7 Å². The van der Waals surface area contributed by atoms with E-state index in [1.54, 1.807) is 25.2 Å². The van der Waals surface area contributed by atoms with Gasteiger partial charge in [0.15, 0.2) is 0 Å². The van der Waals surface area contributed by atoms with Crippen LogP contribution in [0.1, 0.15) is 18.1 Å². The Hall–Kier alpha value is -0.320. The van der Waals surface area contributed by atoms with Crippen LogP contribution in [0.25, 0.3) is 0 Å². The summed E-state index contributed by atoms with van der Waals surface area (Å²) in [4.78, 5) is 0. The van der Waals surface area contributed by atoms with E-state index in [0.717, 1.165) is 0 Å². The summed E-state index contributed by atoms with van der Waals surface area (Å²) < 4.78 is 0. The summed E-state index contributed by atoms with van der Waals surface area (Å²) in [5.41, 5.74) is 6.11. The molecule has 0 aliphatic heterocycles. The van der Waals surface area contributed by atoms with Crippen LogP contribution in [0.3, 0.4) is 0 Å². The second-order valence-electron chi connectivity index (χ2n) is 3.56. The van der Waals surface area contributed by atoms with Crippen molar-refractivity contribution in [1.29, 1.82) is 0 Å². The Kier molecular flexibility index (Phi) is 5.52. The second-order valence-corrected chi connectivity index (χ2v) is 4.35. The van der Waals surface area contributed by atoms with Crippen molar-refractivity contribution in [2.75, 3.05) is 13.6 Å². The number of nitrogens with one attached hydrogen (secondary N) is 1. The van der Waals surface area contributed by atoms with E-state index < -0.39 is 6.10 Å². The molecule has 2 unspecified atom stereocenters. The third kappa shape index (κ3) is 3.09. The molecule has 0 radical (unpaired) electrons. The summed E-state index contributed by atoms with van der Waals surface area (Å²) in [7, 11) is 1.78. The summed E-state index contributed by atoms with van der Waals surface area (Å²) in [6.07, 6.45) is -0.0414. The number of aliphatic hydroxyl groups is 1. The molecule has 1 aromatic rings. The van der Waals surface area contributed by atoms with Gasteiger partial charge in [-0.3, -0.25) is 0 Å². The van der Waals surface area contributed by atoms with Crippen LogP contribution < -0.4 is 11.1 Å². The van der Waals surface area contributed by atoms with E-state index in [-0.39, 0.29) is 6.04 Å². The molecule has 0 amide bonds. The van der Waals surface area contributed by atoms with Gasteiger partial charge in [-0.2, -0.15) is 0 Å². The highest BCUT2D eigenvalue weighted by Crippen LogP contribution is 2.31. The monoisotopic (exact) mass is 262 g/mol. The summed E-state index contributed by atoms with van der Waals surface area (Å²) >= 11 is 11.9. The number of halogens is 2. The summed E-state index contributed by atoms with van der Waals surface area (Å²) in [5, 5.41) is 14.0. The molecule has 0 fully saturated rings. The van der Waals surface area contributed by atoms with E-state index in [9.17, 15) is 5.11 Å². The highest BCUT2D eigenvalue weighted by atomic mass is 35.5. The zero-order chi connectivity index (χ0) is 12.1. The Morgan fingerprint density at radius 1 is 1.44 bits per heavy atom. The van der Waals surface area contributed by atoms with Gasteiger partial charge in [0.1, 0.15) is 0 Å². The Morgan fingerprint density at radius 3 is 2.69 bits per heavy atom. The lowest BCUT2D eigenvalue weighted by atomic mass is 10.00. The van der Waals surface area contributed by atoms with E-state index in [1.807, 2.05) is 0 Å². The summed E-state index contributed by atoms with van der Waals surface area (Å²) in [6.45, 7) is 0.501. The zero-order valence-electron chi connectivity index (χ0n) is 9.08. The van der Waals surface area contributed by atoms with Gasteiger partial charge in [-0.15, -0.1) is 0 Å². The van der Waals surface area contributed by atoms with E-state index in [0.29, 0.717) is 28.6 Å². The first-order valence-corrected chi connectivity index (χ1v) is 5.86. The number of likely N-dealkylation sites (N-methyl/N-ethyl adjacent to an activating group) is 1. The third-order valence-corrected chi connectivity index (χ3v) is 3.36. The molecule has 2 atom stereocenters. The van der Waals surface area contributed by atoms with Crippen LogP contribution in [0.5, 0.6) is 0 Å². The molecule has 0 aliphatic rings. The first kappa shape index (κ1) is 13.7. The quantitative estimate of drug-likeness (QED) is 0.761. The molecule has 0 bridgehead atoms. The van der Waals surface area contributed by atoms with Crippen molar-refractivity contribution in [3.8, 4) is 0 Å². The van der Waals surface area contributed by atoms with Gasteiger partial charge < -0.3 is 16.2 Å². The predicted octanol–water partition coefficient (Wildman–Crippen LogP) is 1.96. The molecular weight excluding hydrogens is 247 g/mol. The number of rotatable bonds is 5. The first-order valence-electron chi connectivity index (χ1n) is 5.11. The van der Waals surface area contributed by atoms with Crippen LogP contribution in [0, 0.1) is 0 Å². The Balaban J connectivity index is 2.94. The average molecular weight is 263 g/mol. The van der Waals surface area contributed by atoms with Gasteiger partial charge in [-0.1, -0.05) is 35.3 Å². The van der Waals surface area contributed by atoms with Crippen molar-refractivity contribution < 1.29 is 5.11 Å². The SMILES string of the molecule is CNC(CCN)C(O)c1cccc(Cl)c1Cl. The fourth-order valence-corrected chi connectivity index (χ4v) is 2.02. The largest absolute Gasteiger partial charge is 0.387 e.